The van der Waals surface area contributed by atoms with E-state index >= 15 is 0 Å². The molecule has 0 spiro atoms. The zero-order chi connectivity index (χ0) is 33.6. The van der Waals surface area contributed by atoms with Crippen LogP contribution in [0.3, 0.4) is 0 Å². The molecule has 1 saturated heterocycles. The van der Waals surface area contributed by atoms with Crippen molar-refractivity contribution >= 4 is 45.7 Å². The van der Waals surface area contributed by atoms with E-state index in [0.29, 0.717) is 51.7 Å². The van der Waals surface area contributed by atoms with Crippen molar-refractivity contribution in [2.24, 2.45) is 0 Å². The van der Waals surface area contributed by atoms with Gasteiger partial charge in [-0.05, 0) is 66.9 Å². The van der Waals surface area contributed by atoms with Crippen LogP contribution in [0.2, 0.25) is 0 Å². The van der Waals surface area contributed by atoms with Gasteiger partial charge in [-0.25, -0.2) is 0 Å². The molecular formula is C37H33N3O6S2. The number of nitrogens with zero attached hydrogens (tertiary/aromatic N) is 3. The minimum atomic E-state index is -1.02. The van der Waals surface area contributed by atoms with E-state index in [2.05, 4.69) is 34.5 Å². The number of ketones is 1. The van der Waals surface area contributed by atoms with Gasteiger partial charge in [0.25, 0.3) is 5.78 Å². The number of benzene rings is 4. The lowest BCUT2D eigenvalue weighted by atomic mass is 9.95. The van der Waals surface area contributed by atoms with Gasteiger partial charge in [0.1, 0.15) is 18.1 Å². The van der Waals surface area contributed by atoms with Crippen LogP contribution in [0.25, 0.3) is 5.76 Å². The summed E-state index contributed by atoms with van der Waals surface area (Å²) in [5.74, 6) is 0.222. The van der Waals surface area contributed by atoms with Crippen molar-refractivity contribution in [1.82, 2.24) is 10.2 Å². The van der Waals surface area contributed by atoms with E-state index in [-0.39, 0.29) is 16.5 Å². The standard InChI is InChI=1S/C37H33N3O6S2/c1-4-45-30-20-27(16-19-29(30)46-21-24-8-6-5-7-9-24)32-31(33(41)26-14-17-28(44-3)18-15-26)34(42)35(43)40(32)36-38-39-37(48-36)47-22-25-12-10-23(2)11-13-25/h5-20,32,41H,4,21-22H2,1-3H3. The molecule has 48 heavy (non-hydrogen) atoms. The molecular weight excluding hydrogens is 647 g/mol. The number of rotatable bonds is 12. The Labute approximate surface area is 286 Å². The highest BCUT2D eigenvalue weighted by molar-refractivity contribution is 8.00. The van der Waals surface area contributed by atoms with Crippen molar-refractivity contribution in [2.75, 3.05) is 18.6 Å². The molecule has 9 nitrogen and oxygen atoms in total. The van der Waals surface area contributed by atoms with Crippen molar-refractivity contribution < 1.29 is 28.9 Å². The Hall–Kier alpha value is -5.13. The van der Waals surface area contributed by atoms with E-state index < -0.39 is 17.7 Å². The lowest BCUT2D eigenvalue weighted by Gasteiger charge is -2.23. The van der Waals surface area contributed by atoms with Crippen molar-refractivity contribution in [1.29, 1.82) is 0 Å². The van der Waals surface area contributed by atoms with Gasteiger partial charge in [-0.15, -0.1) is 10.2 Å². The molecule has 244 valence electrons. The number of carbonyl (C=O) groups is 2. The molecule has 1 fully saturated rings. The fourth-order valence-electron chi connectivity index (χ4n) is 5.25. The first-order valence-corrected chi connectivity index (χ1v) is 17.1. The van der Waals surface area contributed by atoms with Gasteiger partial charge in [0, 0.05) is 11.3 Å². The average Bonchev–Trinajstić information content (AvgIpc) is 3.69. The highest BCUT2D eigenvalue weighted by Gasteiger charge is 2.48. The summed E-state index contributed by atoms with van der Waals surface area (Å²) in [4.78, 5) is 28.8. The second-order valence-corrected chi connectivity index (χ2v) is 13.1. The summed E-state index contributed by atoms with van der Waals surface area (Å²) in [6, 6.07) is 28.8. The predicted octanol–water partition coefficient (Wildman–Crippen LogP) is 7.75. The second kappa shape index (κ2) is 14.7. The minimum Gasteiger partial charge on any atom is -0.507 e. The Morgan fingerprint density at radius 1 is 0.896 bits per heavy atom. The van der Waals surface area contributed by atoms with Crippen LogP contribution in [0.4, 0.5) is 5.13 Å². The number of aliphatic hydroxyl groups is 1. The van der Waals surface area contributed by atoms with Crippen LogP contribution < -0.4 is 19.1 Å². The molecule has 6 rings (SSSR count). The molecule has 0 bridgehead atoms. The largest absolute Gasteiger partial charge is 0.507 e. The van der Waals surface area contributed by atoms with Crippen LogP contribution >= 0.6 is 23.1 Å². The quantitative estimate of drug-likeness (QED) is 0.0465. The molecule has 5 aromatic rings. The van der Waals surface area contributed by atoms with Gasteiger partial charge in [0.2, 0.25) is 5.13 Å². The Kier molecular flexibility index (Phi) is 10.1. The SMILES string of the molecule is CCOc1cc(C2C(=C(O)c3ccc(OC)cc3)C(=O)C(=O)N2c2nnc(SCc3ccc(C)cc3)s2)ccc1OCc1ccccc1. The fourth-order valence-corrected chi connectivity index (χ4v) is 7.08. The third kappa shape index (κ3) is 7.07. The number of amides is 1. The predicted molar refractivity (Wildman–Crippen MR) is 187 cm³/mol. The van der Waals surface area contributed by atoms with Gasteiger partial charge >= 0.3 is 5.91 Å². The van der Waals surface area contributed by atoms with Crippen LogP contribution in [0.15, 0.2) is 107 Å². The Balaban J connectivity index is 1.39. The van der Waals surface area contributed by atoms with E-state index in [1.54, 1.807) is 49.6 Å². The van der Waals surface area contributed by atoms with Crippen LogP contribution in [-0.2, 0) is 21.9 Å². The number of Topliss-reactive ketones (excluding diaryl/α,β-unsaturated/α-hetero) is 1. The first-order chi connectivity index (χ1) is 23.4. The molecule has 11 heteroatoms. The third-order valence-corrected chi connectivity index (χ3v) is 9.84. The third-order valence-electron chi connectivity index (χ3n) is 7.71. The molecule has 1 N–H and O–H groups in total. The van der Waals surface area contributed by atoms with Gasteiger partial charge in [-0.1, -0.05) is 89.3 Å². The lowest BCUT2D eigenvalue weighted by Crippen LogP contribution is -2.29. The topological polar surface area (TPSA) is 111 Å². The monoisotopic (exact) mass is 679 g/mol. The molecule has 1 aliphatic rings. The van der Waals surface area contributed by atoms with Gasteiger partial charge in [0.15, 0.2) is 15.8 Å². The number of thioether (sulfide) groups is 1. The summed E-state index contributed by atoms with van der Waals surface area (Å²) >= 11 is 2.70. The number of ether oxygens (including phenoxy) is 3. The first kappa shape index (κ1) is 32.8. The smallest absolute Gasteiger partial charge is 0.301 e. The second-order valence-electron chi connectivity index (χ2n) is 10.9. The molecule has 1 unspecified atom stereocenters. The maximum atomic E-state index is 13.8. The van der Waals surface area contributed by atoms with Crippen LogP contribution in [0.1, 0.15) is 40.8 Å². The molecule has 1 aromatic heterocycles. The summed E-state index contributed by atoms with van der Waals surface area (Å²) in [7, 11) is 1.54. The average molecular weight is 680 g/mol. The summed E-state index contributed by atoms with van der Waals surface area (Å²) < 4.78 is 18.0. The summed E-state index contributed by atoms with van der Waals surface area (Å²) in [5.41, 5.74) is 4.11. The van der Waals surface area contributed by atoms with Crippen molar-refractivity contribution in [3.8, 4) is 17.2 Å². The number of aliphatic hydroxyl groups excluding tert-OH is 1. The number of hydrogen-bond acceptors (Lipinski definition) is 10. The first-order valence-electron chi connectivity index (χ1n) is 15.3. The van der Waals surface area contributed by atoms with Crippen LogP contribution in [-0.4, -0.2) is 40.7 Å². The van der Waals surface area contributed by atoms with Crippen LogP contribution in [0.5, 0.6) is 17.2 Å². The van der Waals surface area contributed by atoms with Crippen molar-refractivity contribution in [2.45, 2.75) is 36.6 Å². The number of methoxy groups -OCH3 is 1. The lowest BCUT2D eigenvalue weighted by molar-refractivity contribution is -0.132. The Morgan fingerprint density at radius 3 is 2.35 bits per heavy atom. The molecule has 1 amide bonds. The Morgan fingerprint density at radius 2 is 1.65 bits per heavy atom. The van der Waals surface area contributed by atoms with Gasteiger partial charge in [-0.3, -0.25) is 14.5 Å². The maximum Gasteiger partial charge on any atom is 0.301 e. The van der Waals surface area contributed by atoms with Gasteiger partial charge in [0.05, 0.1) is 25.3 Å². The number of hydrogen-bond donors (Lipinski definition) is 1. The van der Waals surface area contributed by atoms with Crippen molar-refractivity contribution in [3.63, 3.8) is 0 Å². The summed E-state index contributed by atoms with van der Waals surface area (Å²) in [5, 5.41) is 20.5. The minimum absolute atomic E-state index is 0.0744. The summed E-state index contributed by atoms with van der Waals surface area (Å²) in [6.45, 7) is 4.58. The van der Waals surface area contributed by atoms with Crippen LogP contribution in [0, 0.1) is 6.92 Å². The normalized spacial score (nSPS) is 15.5. The summed E-state index contributed by atoms with van der Waals surface area (Å²) in [6.07, 6.45) is 0. The maximum absolute atomic E-state index is 13.8. The van der Waals surface area contributed by atoms with Crippen molar-refractivity contribution in [3.05, 3.63) is 130 Å². The number of aryl methyl sites for hydroxylation is 1. The zero-order valence-corrected chi connectivity index (χ0v) is 28.2. The highest BCUT2D eigenvalue weighted by Crippen LogP contribution is 2.46. The molecule has 1 aliphatic heterocycles. The van der Waals surface area contributed by atoms with Gasteiger partial charge < -0.3 is 19.3 Å². The molecule has 0 aliphatic carbocycles. The number of carbonyl (C=O) groups excluding carboxylic acids is 2. The van der Waals surface area contributed by atoms with Gasteiger partial charge in [-0.2, -0.15) is 0 Å². The van der Waals surface area contributed by atoms with E-state index in [4.69, 9.17) is 14.2 Å². The van der Waals surface area contributed by atoms with E-state index in [1.165, 1.54) is 33.6 Å². The molecule has 2 heterocycles. The zero-order valence-electron chi connectivity index (χ0n) is 26.6. The molecule has 0 saturated carbocycles. The molecule has 4 aromatic carbocycles. The van der Waals surface area contributed by atoms with E-state index in [0.717, 1.165) is 11.1 Å². The molecule has 1 atom stereocenters. The molecule has 0 radical (unpaired) electrons. The highest BCUT2D eigenvalue weighted by atomic mass is 32.2. The number of aromatic nitrogens is 2. The van der Waals surface area contributed by atoms with E-state index in [1.807, 2.05) is 44.2 Å². The number of anilines is 1. The van der Waals surface area contributed by atoms with E-state index in [9.17, 15) is 14.7 Å². The Bertz CT molecular complexity index is 1940. The fraction of sp³-hybridized carbons (Fsp3) is 0.189.